The van der Waals surface area contributed by atoms with E-state index in [0.29, 0.717) is 0 Å². The second-order valence-electron chi connectivity index (χ2n) is 3.19. The van der Waals surface area contributed by atoms with E-state index in [4.69, 9.17) is 5.73 Å². The van der Waals surface area contributed by atoms with E-state index in [1.54, 1.807) is 0 Å². The van der Waals surface area contributed by atoms with Gasteiger partial charge in [-0.1, -0.05) is 13.0 Å². The maximum atomic E-state index is 11.3. The van der Waals surface area contributed by atoms with E-state index in [0.717, 1.165) is 31.4 Å². The molecule has 0 saturated heterocycles. The van der Waals surface area contributed by atoms with E-state index in [-0.39, 0.29) is 11.9 Å². The van der Waals surface area contributed by atoms with E-state index < -0.39 is 0 Å². The lowest BCUT2D eigenvalue weighted by atomic mass is 10.2. The number of nitrogens with one attached hydrogen (secondary N) is 1. The van der Waals surface area contributed by atoms with Crippen molar-refractivity contribution < 1.29 is 4.79 Å². The number of carbonyl (C=O) groups excluding carboxylic acids is 1. The smallest absolute Gasteiger partial charge is 0.246 e. The summed E-state index contributed by atoms with van der Waals surface area (Å²) < 4.78 is 0. The first-order valence-electron chi connectivity index (χ1n) is 4.47. The van der Waals surface area contributed by atoms with Gasteiger partial charge >= 0.3 is 0 Å². The van der Waals surface area contributed by atoms with Gasteiger partial charge in [-0.05, 0) is 19.3 Å². The van der Waals surface area contributed by atoms with Gasteiger partial charge in [-0.25, -0.2) is 0 Å². The molecular formula is C9H16N2O. The van der Waals surface area contributed by atoms with E-state index in [9.17, 15) is 4.79 Å². The van der Waals surface area contributed by atoms with Crippen LogP contribution in [-0.4, -0.2) is 18.5 Å². The van der Waals surface area contributed by atoms with Crippen molar-refractivity contribution in [3.8, 4) is 0 Å². The van der Waals surface area contributed by atoms with Gasteiger partial charge in [0, 0.05) is 18.2 Å². The standard InChI is InChI=1S/C9H16N2O/c1-2-5-11-9(12)7-3-4-8(10)6-7/h3,8H,2,4-6,10H2,1H3,(H,11,12)/t8-/m1/s1. The van der Waals surface area contributed by atoms with Gasteiger partial charge in [-0.3, -0.25) is 4.79 Å². The number of hydrogen-bond acceptors (Lipinski definition) is 2. The third-order valence-corrected chi connectivity index (χ3v) is 1.98. The summed E-state index contributed by atoms with van der Waals surface area (Å²) in [7, 11) is 0. The highest BCUT2D eigenvalue weighted by Crippen LogP contribution is 2.16. The molecule has 0 spiro atoms. The minimum Gasteiger partial charge on any atom is -0.352 e. The van der Waals surface area contributed by atoms with Gasteiger partial charge in [0.2, 0.25) is 5.91 Å². The van der Waals surface area contributed by atoms with Crippen molar-refractivity contribution in [3.05, 3.63) is 11.6 Å². The largest absolute Gasteiger partial charge is 0.352 e. The molecule has 0 aromatic rings. The fourth-order valence-electron chi connectivity index (χ4n) is 1.28. The van der Waals surface area contributed by atoms with Gasteiger partial charge in [0.25, 0.3) is 0 Å². The van der Waals surface area contributed by atoms with Gasteiger partial charge in [-0.15, -0.1) is 0 Å². The van der Waals surface area contributed by atoms with Crippen molar-refractivity contribution in [1.29, 1.82) is 0 Å². The Morgan fingerprint density at radius 1 is 1.83 bits per heavy atom. The Labute approximate surface area is 73.0 Å². The third kappa shape index (κ3) is 2.34. The normalized spacial score (nSPS) is 22.2. The molecule has 1 amide bonds. The van der Waals surface area contributed by atoms with Crippen LogP contribution >= 0.6 is 0 Å². The predicted molar refractivity (Wildman–Crippen MR) is 48.6 cm³/mol. The van der Waals surface area contributed by atoms with Crippen LogP contribution in [0.4, 0.5) is 0 Å². The summed E-state index contributed by atoms with van der Waals surface area (Å²) in [5.41, 5.74) is 6.52. The fraction of sp³-hybridized carbons (Fsp3) is 0.667. The minimum atomic E-state index is 0.0600. The zero-order chi connectivity index (χ0) is 8.97. The highest BCUT2D eigenvalue weighted by molar-refractivity contribution is 5.93. The average molecular weight is 168 g/mol. The zero-order valence-corrected chi connectivity index (χ0v) is 7.47. The van der Waals surface area contributed by atoms with Crippen LogP contribution in [0.25, 0.3) is 0 Å². The number of carbonyl (C=O) groups is 1. The molecule has 0 radical (unpaired) electrons. The van der Waals surface area contributed by atoms with Crippen LogP contribution in [0.15, 0.2) is 11.6 Å². The lowest BCUT2D eigenvalue weighted by molar-refractivity contribution is -0.117. The van der Waals surface area contributed by atoms with Crippen molar-refractivity contribution in [3.63, 3.8) is 0 Å². The summed E-state index contributed by atoms with van der Waals surface area (Å²) in [6.45, 7) is 2.79. The highest BCUT2D eigenvalue weighted by atomic mass is 16.1. The molecule has 3 nitrogen and oxygen atoms in total. The molecule has 0 fully saturated rings. The topological polar surface area (TPSA) is 55.1 Å². The van der Waals surface area contributed by atoms with Gasteiger partial charge in [0.1, 0.15) is 0 Å². The molecular weight excluding hydrogens is 152 g/mol. The molecule has 0 saturated carbocycles. The van der Waals surface area contributed by atoms with Crippen molar-refractivity contribution in [2.24, 2.45) is 5.73 Å². The lowest BCUT2D eigenvalue weighted by Gasteiger charge is -2.04. The van der Waals surface area contributed by atoms with Crippen LogP contribution in [0.1, 0.15) is 26.2 Å². The summed E-state index contributed by atoms with van der Waals surface area (Å²) in [6, 6.07) is 0.160. The summed E-state index contributed by atoms with van der Waals surface area (Å²) >= 11 is 0. The predicted octanol–water partition coefficient (Wildman–Crippen LogP) is 0.560. The van der Waals surface area contributed by atoms with E-state index in [1.807, 2.05) is 13.0 Å². The fourth-order valence-corrected chi connectivity index (χ4v) is 1.28. The highest BCUT2D eigenvalue weighted by Gasteiger charge is 2.17. The van der Waals surface area contributed by atoms with Gasteiger partial charge in [-0.2, -0.15) is 0 Å². The van der Waals surface area contributed by atoms with Crippen LogP contribution in [0.2, 0.25) is 0 Å². The molecule has 1 rings (SSSR count). The van der Waals surface area contributed by atoms with E-state index >= 15 is 0 Å². The number of rotatable bonds is 3. The molecule has 0 aliphatic heterocycles. The first-order chi connectivity index (χ1) is 5.74. The second kappa shape index (κ2) is 4.26. The quantitative estimate of drug-likeness (QED) is 0.647. The molecule has 3 heteroatoms. The first kappa shape index (κ1) is 9.26. The molecule has 0 aromatic carbocycles. The molecule has 12 heavy (non-hydrogen) atoms. The Balaban J connectivity index is 2.33. The molecule has 0 heterocycles. The SMILES string of the molecule is CCCNC(=O)C1=CC[C@@H](N)C1. The summed E-state index contributed by atoms with van der Waals surface area (Å²) in [6.07, 6.45) is 4.49. The molecule has 1 atom stereocenters. The maximum Gasteiger partial charge on any atom is 0.246 e. The molecule has 0 unspecified atom stereocenters. The minimum absolute atomic E-state index is 0.0600. The molecule has 1 aliphatic carbocycles. The van der Waals surface area contributed by atoms with Crippen molar-refractivity contribution in [2.45, 2.75) is 32.2 Å². The Hall–Kier alpha value is -0.830. The Morgan fingerprint density at radius 2 is 2.58 bits per heavy atom. The second-order valence-corrected chi connectivity index (χ2v) is 3.19. The van der Waals surface area contributed by atoms with Crippen LogP contribution in [-0.2, 0) is 4.79 Å². The van der Waals surface area contributed by atoms with Gasteiger partial charge < -0.3 is 11.1 Å². The van der Waals surface area contributed by atoms with Crippen molar-refractivity contribution >= 4 is 5.91 Å². The number of hydrogen-bond donors (Lipinski definition) is 2. The summed E-state index contributed by atoms with van der Waals surface area (Å²) in [4.78, 5) is 11.3. The Kier molecular flexibility index (Phi) is 3.29. The summed E-state index contributed by atoms with van der Waals surface area (Å²) in [5.74, 6) is 0.0600. The van der Waals surface area contributed by atoms with Gasteiger partial charge in [0.05, 0.1) is 0 Å². The zero-order valence-electron chi connectivity index (χ0n) is 7.47. The van der Waals surface area contributed by atoms with Crippen LogP contribution in [0.3, 0.4) is 0 Å². The maximum absolute atomic E-state index is 11.3. The molecule has 0 aromatic heterocycles. The third-order valence-electron chi connectivity index (χ3n) is 1.98. The molecule has 3 N–H and O–H groups in total. The molecule has 68 valence electrons. The average Bonchev–Trinajstić information content (AvgIpc) is 2.47. The number of amides is 1. The molecule has 0 bridgehead atoms. The number of nitrogens with two attached hydrogens (primary N) is 1. The van der Waals surface area contributed by atoms with Crippen LogP contribution < -0.4 is 11.1 Å². The van der Waals surface area contributed by atoms with E-state index in [2.05, 4.69) is 5.32 Å². The van der Waals surface area contributed by atoms with Crippen LogP contribution in [0.5, 0.6) is 0 Å². The van der Waals surface area contributed by atoms with E-state index in [1.165, 1.54) is 0 Å². The lowest BCUT2D eigenvalue weighted by Crippen LogP contribution is -2.26. The monoisotopic (exact) mass is 168 g/mol. The Morgan fingerprint density at radius 3 is 3.08 bits per heavy atom. The first-order valence-corrected chi connectivity index (χ1v) is 4.47. The van der Waals surface area contributed by atoms with Crippen molar-refractivity contribution in [1.82, 2.24) is 5.32 Å². The Bertz CT molecular complexity index is 199. The van der Waals surface area contributed by atoms with Crippen LogP contribution in [0, 0.1) is 0 Å². The van der Waals surface area contributed by atoms with Crippen molar-refractivity contribution in [2.75, 3.05) is 6.54 Å². The summed E-state index contributed by atoms with van der Waals surface area (Å²) in [5, 5.41) is 2.83. The van der Waals surface area contributed by atoms with Gasteiger partial charge in [0.15, 0.2) is 0 Å². The molecule has 1 aliphatic rings.